The van der Waals surface area contributed by atoms with E-state index in [0.717, 1.165) is 0 Å². The average Bonchev–Trinajstić information content (AvgIpc) is 2.66. The van der Waals surface area contributed by atoms with Crippen molar-refractivity contribution in [3.05, 3.63) is 0 Å². The van der Waals surface area contributed by atoms with Crippen molar-refractivity contribution in [3.8, 4) is 0 Å². The van der Waals surface area contributed by atoms with Crippen LogP contribution in [0, 0.1) is 0 Å². The minimum atomic E-state index is -2.51. The van der Waals surface area contributed by atoms with Gasteiger partial charge >= 0.3 is 0 Å². The predicted octanol–water partition coefficient (Wildman–Crippen LogP) is -5.13. The first-order valence-corrected chi connectivity index (χ1v) is 7.77. The molecular formula is C14H28O12. The van der Waals surface area contributed by atoms with E-state index in [2.05, 4.69) is 4.74 Å². The first-order chi connectivity index (χ1) is 12.6. The molecule has 0 aromatic rings. The topological polar surface area (TPSA) is 199 Å². The SMILES string of the molecule is CO[C@H]1OC(CO)[C@@H](O)[C@H](O)C1O.[2H][C@]1(O)C(O)[C@@H](OC)OC(CO)[C@H]1O. The summed E-state index contributed by atoms with van der Waals surface area (Å²) in [5.74, 6) is 0. The summed E-state index contributed by atoms with van der Waals surface area (Å²) < 4.78 is 26.5. The molecule has 0 aliphatic carbocycles. The molecule has 12 heteroatoms. The summed E-state index contributed by atoms with van der Waals surface area (Å²) in [6.07, 6.45) is -14.2. The molecule has 2 aliphatic rings. The van der Waals surface area contributed by atoms with Crippen LogP contribution in [0.15, 0.2) is 0 Å². The molecule has 2 fully saturated rings. The van der Waals surface area contributed by atoms with Crippen LogP contribution in [0.3, 0.4) is 0 Å². The lowest BCUT2D eigenvalue weighted by molar-refractivity contribution is -0.294. The number of methoxy groups -OCH3 is 2. The molecule has 156 valence electrons. The minimum absolute atomic E-state index is 0.440. The Kier molecular flexibility index (Phi) is 9.02. The second kappa shape index (κ2) is 10.8. The van der Waals surface area contributed by atoms with Gasteiger partial charge in [0.25, 0.3) is 0 Å². The zero-order valence-corrected chi connectivity index (χ0v) is 14.3. The maximum absolute atomic E-state index is 9.41. The zero-order chi connectivity index (χ0) is 20.9. The van der Waals surface area contributed by atoms with E-state index in [0.29, 0.717) is 0 Å². The largest absolute Gasteiger partial charge is 0.394 e. The molecule has 12 nitrogen and oxygen atoms in total. The Morgan fingerprint density at radius 2 is 1.12 bits per heavy atom. The first kappa shape index (κ1) is 21.8. The van der Waals surface area contributed by atoms with E-state index in [4.69, 9.17) is 25.8 Å². The maximum Gasteiger partial charge on any atom is 0.186 e. The molecule has 2 aliphatic heterocycles. The van der Waals surface area contributed by atoms with Crippen molar-refractivity contribution in [2.75, 3.05) is 27.4 Å². The van der Waals surface area contributed by atoms with E-state index in [9.17, 15) is 30.6 Å². The van der Waals surface area contributed by atoms with E-state index in [1.165, 1.54) is 14.2 Å². The van der Waals surface area contributed by atoms with Crippen molar-refractivity contribution in [3.63, 3.8) is 0 Å². The summed E-state index contributed by atoms with van der Waals surface area (Å²) >= 11 is 0. The van der Waals surface area contributed by atoms with Crippen LogP contribution in [0.4, 0.5) is 0 Å². The van der Waals surface area contributed by atoms with E-state index in [-0.39, 0.29) is 0 Å². The normalized spacial score (nSPS) is 49.8. The quantitative estimate of drug-likeness (QED) is 0.228. The molecule has 0 aromatic carbocycles. The first-order valence-electron chi connectivity index (χ1n) is 8.27. The highest BCUT2D eigenvalue weighted by atomic mass is 16.7. The second-order valence-electron chi connectivity index (χ2n) is 5.71. The van der Waals surface area contributed by atoms with Gasteiger partial charge in [0.1, 0.15) is 48.8 Å². The zero-order valence-electron chi connectivity index (χ0n) is 15.3. The van der Waals surface area contributed by atoms with Gasteiger partial charge in [-0.2, -0.15) is 0 Å². The summed E-state index contributed by atoms with van der Waals surface area (Å²) in [5, 5.41) is 73.5. The molecule has 26 heavy (non-hydrogen) atoms. The third kappa shape index (κ3) is 5.28. The molecule has 8 N–H and O–H groups in total. The molecule has 2 heterocycles. The van der Waals surface area contributed by atoms with Crippen molar-refractivity contribution in [1.29, 1.82) is 0 Å². The third-order valence-electron chi connectivity index (χ3n) is 4.02. The molecule has 0 radical (unpaired) electrons. The number of aliphatic hydroxyl groups excluding tert-OH is 7. The monoisotopic (exact) mass is 389 g/mol. The highest BCUT2D eigenvalue weighted by Gasteiger charge is 2.44. The highest BCUT2D eigenvalue weighted by Crippen LogP contribution is 2.22. The Morgan fingerprint density at radius 1 is 0.692 bits per heavy atom. The molecule has 2 rings (SSSR count). The van der Waals surface area contributed by atoms with Crippen molar-refractivity contribution < 1.29 is 61.2 Å². The highest BCUT2D eigenvalue weighted by molar-refractivity contribution is 4.89. The molecule has 0 bridgehead atoms. The van der Waals surface area contributed by atoms with Gasteiger partial charge in [-0.25, -0.2) is 0 Å². The van der Waals surface area contributed by atoms with Crippen LogP contribution in [0.1, 0.15) is 1.37 Å². The van der Waals surface area contributed by atoms with Gasteiger partial charge in [-0.3, -0.25) is 0 Å². The van der Waals surface area contributed by atoms with Crippen LogP contribution in [0.25, 0.3) is 0 Å². The Bertz CT molecular complexity index is 402. The lowest BCUT2D eigenvalue weighted by Gasteiger charge is -2.38. The number of rotatable bonds is 4. The smallest absolute Gasteiger partial charge is 0.186 e. The fraction of sp³-hybridized carbons (Fsp3) is 1.00. The standard InChI is InChI=1S/2C7H14O6/c2*1-12-7-6(11)5(10)4(9)3(2-8)13-7/h2*3-11H,2H2,1H3/t3?,4-,5+,6?,7+;3?,4-,5-,6?,7+/m11/s1/i;5D. The van der Waals surface area contributed by atoms with Crippen molar-refractivity contribution in [1.82, 2.24) is 0 Å². The lowest BCUT2D eigenvalue weighted by atomic mass is 9.99. The average molecular weight is 389 g/mol. The fourth-order valence-electron chi connectivity index (χ4n) is 2.42. The Balaban J connectivity index is 0.000000271. The molecule has 10 atom stereocenters. The van der Waals surface area contributed by atoms with E-state index in [1.54, 1.807) is 0 Å². The maximum atomic E-state index is 9.41. The Morgan fingerprint density at radius 3 is 1.54 bits per heavy atom. The summed E-state index contributed by atoms with van der Waals surface area (Å²) in [6, 6.07) is 0. The predicted molar refractivity (Wildman–Crippen MR) is 81.6 cm³/mol. The molecule has 2 saturated heterocycles. The van der Waals surface area contributed by atoms with Crippen molar-refractivity contribution in [2.24, 2.45) is 0 Å². The number of hydrogen-bond acceptors (Lipinski definition) is 12. The summed E-state index contributed by atoms with van der Waals surface area (Å²) in [6.45, 7) is -1.01. The minimum Gasteiger partial charge on any atom is -0.394 e. The summed E-state index contributed by atoms with van der Waals surface area (Å²) in [4.78, 5) is 0. The van der Waals surface area contributed by atoms with Gasteiger partial charge in [-0.15, -0.1) is 0 Å². The van der Waals surface area contributed by atoms with Crippen LogP contribution in [0.5, 0.6) is 0 Å². The lowest BCUT2D eigenvalue weighted by Crippen LogP contribution is -2.58. The van der Waals surface area contributed by atoms with Crippen molar-refractivity contribution in [2.45, 2.75) is 61.4 Å². The van der Waals surface area contributed by atoms with Crippen LogP contribution >= 0.6 is 0 Å². The van der Waals surface area contributed by atoms with Gasteiger partial charge in [-0.05, 0) is 0 Å². The Hall–Kier alpha value is -0.480. The van der Waals surface area contributed by atoms with Crippen LogP contribution in [-0.4, -0.2) is 130 Å². The van der Waals surface area contributed by atoms with Gasteiger partial charge in [0.2, 0.25) is 0 Å². The third-order valence-corrected chi connectivity index (χ3v) is 4.02. The van der Waals surface area contributed by atoms with Gasteiger partial charge in [0, 0.05) is 14.2 Å². The molecular weight excluding hydrogens is 360 g/mol. The van der Waals surface area contributed by atoms with E-state index >= 15 is 0 Å². The number of hydrogen-bond donors (Lipinski definition) is 8. The fourth-order valence-corrected chi connectivity index (χ4v) is 2.42. The number of ether oxygens (including phenoxy) is 4. The van der Waals surface area contributed by atoms with Crippen LogP contribution in [0.2, 0.25) is 0 Å². The van der Waals surface area contributed by atoms with Gasteiger partial charge in [-0.1, -0.05) is 0 Å². The summed E-state index contributed by atoms with van der Waals surface area (Å²) in [7, 11) is 2.52. The van der Waals surface area contributed by atoms with E-state index < -0.39 is 74.6 Å². The van der Waals surface area contributed by atoms with Crippen molar-refractivity contribution >= 4 is 0 Å². The van der Waals surface area contributed by atoms with Crippen LogP contribution in [-0.2, 0) is 18.9 Å². The van der Waals surface area contributed by atoms with Crippen LogP contribution < -0.4 is 0 Å². The second-order valence-corrected chi connectivity index (χ2v) is 5.71. The molecule has 0 amide bonds. The molecule has 0 aromatic heterocycles. The Labute approximate surface area is 151 Å². The molecule has 0 spiro atoms. The molecule has 4 unspecified atom stereocenters. The number of aliphatic hydroxyl groups is 8. The molecule has 0 saturated carbocycles. The van der Waals surface area contributed by atoms with Gasteiger partial charge < -0.3 is 59.8 Å². The van der Waals surface area contributed by atoms with Gasteiger partial charge in [0.05, 0.1) is 14.6 Å². The van der Waals surface area contributed by atoms with Gasteiger partial charge in [0.15, 0.2) is 12.6 Å². The summed E-state index contributed by atoms with van der Waals surface area (Å²) in [5.41, 5.74) is 0. The van der Waals surface area contributed by atoms with E-state index in [1.807, 2.05) is 0 Å².